The highest BCUT2D eigenvalue weighted by Gasteiger charge is 2.26. The number of halogens is 1. The predicted octanol–water partition coefficient (Wildman–Crippen LogP) is 4.13. The zero-order valence-electron chi connectivity index (χ0n) is 12.0. The molecule has 2 unspecified atom stereocenters. The highest BCUT2D eigenvalue weighted by atomic mass is 79.9. The van der Waals surface area contributed by atoms with Crippen LogP contribution in [0.15, 0.2) is 53.0 Å². The van der Waals surface area contributed by atoms with E-state index in [0.717, 1.165) is 25.2 Å². The van der Waals surface area contributed by atoms with Crippen LogP contribution in [0.1, 0.15) is 23.5 Å². The van der Waals surface area contributed by atoms with Gasteiger partial charge in [-0.3, -0.25) is 0 Å². The summed E-state index contributed by atoms with van der Waals surface area (Å²) in [5, 5.41) is 0. The summed E-state index contributed by atoms with van der Waals surface area (Å²) in [6.07, 6.45) is 2.09. The minimum absolute atomic E-state index is 0.470. The van der Waals surface area contributed by atoms with Crippen LogP contribution in [-0.4, -0.2) is 13.2 Å². The lowest BCUT2D eigenvalue weighted by molar-refractivity contribution is 0.306. The molecule has 1 aliphatic heterocycles. The number of benzene rings is 2. The molecular formula is C18H20BrNO. The van der Waals surface area contributed by atoms with Gasteiger partial charge in [-0.05, 0) is 43.0 Å². The molecule has 2 N–H and O–H groups in total. The fourth-order valence-electron chi connectivity index (χ4n) is 3.06. The van der Waals surface area contributed by atoms with Crippen molar-refractivity contribution in [2.24, 2.45) is 11.7 Å². The highest BCUT2D eigenvalue weighted by Crippen LogP contribution is 2.37. The Kier molecular flexibility index (Phi) is 4.61. The van der Waals surface area contributed by atoms with E-state index in [2.05, 4.69) is 52.3 Å². The average Bonchev–Trinajstić information content (AvgIpc) is 2.92. The molecule has 0 fully saturated rings. The van der Waals surface area contributed by atoms with Gasteiger partial charge in [0.25, 0.3) is 0 Å². The first-order chi connectivity index (χ1) is 10.3. The van der Waals surface area contributed by atoms with Crippen molar-refractivity contribution in [2.75, 3.05) is 13.2 Å². The minimum atomic E-state index is 0.470. The lowest BCUT2D eigenvalue weighted by Gasteiger charge is -2.19. The molecule has 0 spiro atoms. The third-order valence-corrected chi connectivity index (χ3v) is 4.99. The number of ether oxygens (including phenoxy) is 1. The average molecular weight is 346 g/mol. The van der Waals surface area contributed by atoms with E-state index in [1.54, 1.807) is 0 Å². The third kappa shape index (κ3) is 3.30. The Labute approximate surface area is 134 Å². The van der Waals surface area contributed by atoms with Gasteiger partial charge >= 0.3 is 0 Å². The van der Waals surface area contributed by atoms with Crippen LogP contribution in [-0.2, 0) is 6.42 Å². The Morgan fingerprint density at radius 3 is 2.71 bits per heavy atom. The maximum atomic E-state index is 6.01. The molecule has 2 aromatic carbocycles. The Morgan fingerprint density at radius 1 is 1.14 bits per heavy atom. The molecule has 0 bridgehead atoms. The molecule has 3 heteroatoms. The predicted molar refractivity (Wildman–Crippen MR) is 89.7 cm³/mol. The first kappa shape index (κ1) is 14.6. The Bertz CT molecular complexity index is 614. The van der Waals surface area contributed by atoms with E-state index in [0.29, 0.717) is 18.4 Å². The summed E-state index contributed by atoms with van der Waals surface area (Å²) >= 11 is 3.63. The maximum absolute atomic E-state index is 6.01. The molecule has 3 rings (SSSR count). The third-order valence-electron chi connectivity index (χ3n) is 4.22. The van der Waals surface area contributed by atoms with Crippen molar-refractivity contribution in [1.29, 1.82) is 0 Å². The van der Waals surface area contributed by atoms with Gasteiger partial charge in [-0.15, -0.1) is 0 Å². The summed E-state index contributed by atoms with van der Waals surface area (Å²) in [5.74, 6) is 1.99. The van der Waals surface area contributed by atoms with E-state index in [1.165, 1.54) is 15.6 Å². The van der Waals surface area contributed by atoms with Crippen molar-refractivity contribution in [2.45, 2.75) is 18.8 Å². The van der Waals surface area contributed by atoms with E-state index in [9.17, 15) is 0 Å². The van der Waals surface area contributed by atoms with Crippen molar-refractivity contribution >= 4 is 15.9 Å². The van der Waals surface area contributed by atoms with Crippen LogP contribution in [0.2, 0.25) is 0 Å². The standard InChI is InChI=1S/C18H20BrNO/c19-17-7-3-1-5-14(17)9-13(11-20)10-15-12-21-18-8-4-2-6-16(15)18/h1-8,13,15H,9-12,20H2. The molecule has 0 saturated heterocycles. The molecule has 0 amide bonds. The monoisotopic (exact) mass is 345 g/mol. The summed E-state index contributed by atoms with van der Waals surface area (Å²) in [6.45, 7) is 1.49. The van der Waals surface area contributed by atoms with Crippen LogP contribution in [0.5, 0.6) is 5.75 Å². The van der Waals surface area contributed by atoms with E-state index < -0.39 is 0 Å². The fraction of sp³-hybridized carbons (Fsp3) is 0.333. The van der Waals surface area contributed by atoms with Gasteiger partial charge in [-0.25, -0.2) is 0 Å². The highest BCUT2D eigenvalue weighted by molar-refractivity contribution is 9.10. The molecule has 1 aliphatic rings. The van der Waals surface area contributed by atoms with Gasteiger partial charge in [0.1, 0.15) is 5.75 Å². The molecule has 1 heterocycles. The summed E-state index contributed by atoms with van der Waals surface area (Å²) in [5.41, 5.74) is 8.68. The van der Waals surface area contributed by atoms with Gasteiger partial charge in [0.15, 0.2) is 0 Å². The van der Waals surface area contributed by atoms with Crippen molar-refractivity contribution in [1.82, 2.24) is 0 Å². The minimum Gasteiger partial charge on any atom is -0.493 e. The number of fused-ring (bicyclic) bond motifs is 1. The molecule has 110 valence electrons. The molecule has 0 aliphatic carbocycles. The van der Waals surface area contributed by atoms with Crippen molar-refractivity contribution < 1.29 is 4.74 Å². The quantitative estimate of drug-likeness (QED) is 0.883. The van der Waals surface area contributed by atoms with Gasteiger partial charge in [-0.2, -0.15) is 0 Å². The molecule has 0 aromatic heterocycles. The molecule has 2 nitrogen and oxygen atoms in total. The smallest absolute Gasteiger partial charge is 0.122 e. The van der Waals surface area contributed by atoms with Crippen molar-refractivity contribution in [3.63, 3.8) is 0 Å². The summed E-state index contributed by atoms with van der Waals surface area (Å²) in [7, 11) is 0. The Balaban J connectivity index is 1.70. The SMILES string of the molecule is NCC(Cc1ccccc1Br)CC1COc2ccccc21. The summed E-state index contributed by atoms with van der Waals surface area (Å²) < 4.78 is 6.95. The summed E-state index contributed by atoms with van der Waals surface area (Å²) in [4.78, 5) is 0. The van der Waals surface area contributed by atoms with Crippen LogP contribution in [0.3, 0.4) is 0 Å². The molecule has 0 radical (unpaired) electrons. The van der Waals surface area contributed by atoms with Gasteiger partial charge in [-0.1, -0.05) is 52.3 Å². The maximum Gasteiger partial charge on any atom is 0.122 e. The Hall–Kier alpha value is -1.32. The molecule has 2 aromatic rings. The first-order valence-electron chi connectivity index (χ1n) is 7.43. The zero-order valence-corrected chi connectivity index (χ0v) is 13.6. The molecule has 0 saturated carbocycles. The van der Waals surface area contributed by atoms with Crippen LogP contribution in [0.25, 0.3) is 0 Å². The number of hydrogen-bond donors (Lipinski definition) is 1. The molecule has 2 atom stereocenters. The van der Waals surface area contributed by atoms with Gasteiger partial charge in [0, 0.05) is 16.0 Å². The van der Waals surface area contributed by atoms with E-state index in [4.69, 9.17) is 10.5 Å². The first-order valence-corrected chi connectivity index (χ1v) is 8.22. The van der Waals surface area contributed by atoms with Gasteiger partial charge < -0.3 is 10.5 Å². The lowest BCUT2D eigenvalue weighted by atomic mass is 9.86. The second-order valence-electron chi connectivity index (χ2n) is 5.68. The van der Waals surface area contributed by atoms with E-state index in [1.807, 2.05) is 12.1 Å². The molecule has 21 heavy (non-hydrogen) atoms. The van der Waals surface area contributed by atoms with Crippen molar-refractivity contribution in [3.05, 3.63) is 64.1 Å². The van der Waals surface area contributed by atoms with Crippen LogP contribution in [0, 0.1) is 5.92 Å². The fourth-order valence-corrected chi connectivity index (χ4v) is 3.51. The number of nitrogens with two attached hydrogens (primary N) is 1. The largest absolute Gasteiger partial charge is 0.493 e. The zero-order chi connectivity index (χ0) is 14.7. The second-order valence-corrected chi connectivity index (χ2v) is 6.53. The number of rotatable bonds is 5. The topological polar surface area (TPSA) is 35.2 Å². The van der Waals surface area contributed by atoms with Crippen LogP contribution < -0.4 is 10.5 Å². The Morgan fingerprint density at radius 2 is 1.90 bits per heavy atom. The number of hydrogen-bond acceptors (Lipinski definition) is 2. The second kappa shape index (κ2) is 6.63. The van der Waals surface area contributed by atoms with Gasteiger partial charge in [0.2, 0.25) is 0 Å². The number of para-hydroxylation sites is 1. The summed E-state index contributed by atoms with van der Waals surface area (Å²) in [6, 6.07) is 16.8. The van der Waals surface area contributed by atoms with E-state index in [-0.39, 0.29) is 0 Å². The lowest BCUT2D eigenvalue weighted by Crippen LogP contribution is -2.20. The normalized spacial score (nSPS) is 18.1. The van der Waals surface area contributed by atoms with Crippen LogP contribution in [0.4, 0.5) is 0 Å². The van der Waals surface area contributed by atoms with Crippen molar-refractivity contribution in [3.8, 4) is 5.75 Å². The van der Waals surface area contributed by atoms with Crippen LogP contribution >= 0.6 is 15.9 Å². The van der Waals surface area contributed by atoms with E-state index >= 15 is 0 Å². The molecular weight excluding hydrogens is 326 g/mol. The van der Waals surface area contributed by atoms with Gasteiger partial charge in [0.05, 0.1) is 6.61 Å².